The van der Waals surface area contributed by atoms with Crippen LogP contribution in [0.2, 0.25) is 0 Å². The summed E-state index contributed by atoms with van der Waals surface area (Å²) in [7, 11) is 4.70. The molecule has 258 valence electrons. The summed E-state index contributed by atoms with van der Waals surface area (Å²) >= 11 is 4.93. The first-order valence-corrected chi connectivity index (χ1v) is 17.8. The molecule has 0 bridgehead atoms. The second kappa shape index (κ2) is 15.3. The van der Waals surface area contributed by atoms with E-state index in [4.69, 9.17) is 28.7 Å². The standard InChI is InChI=1S/C39H37BrN2O7S/c1-6-11-30-34(38(44)48-7-2)35(28-21-26(45-3)16-17-31(28)46-4)42-37(43)33(50-39(42)41-30)20-23-18-29(40)36(32(19-23)47-5)49-22-25-14-10-13-24-12-8-9-15-27(24)25/h8-10,12-21,35H,6-7,11,22H2,1-5H3/b33-20-/t35-/m1/s1. The van der Waals surface area contributed by atoms with Crippen LogP contribution >= 0.6 is 27.3 Å². The molecule has 0 saturated carbocycles. The number of rotatable bonds is 12. The Morgan fingerprint density at radius 2 is 1.74 bits per heavy atom. The number of methoxy groups -OCH3 is 3. The Bertz CT molecular complexity index is 2290. The number of nitrogens with zero attached hydrogens (tertiary/aromatic N) is 2. The molecular weight excluding hydrogens is 720 g/mol. The molecule has 2 heterocycles. The number of ether oxygens (including phenoxy) is 5. The maximum absolute atomic E-state index is 14.4. The number of fused-ring (bicyclic) bond motifs is 2. The lowest BCUT2D eigenvalue weighted by Crippen LogP contribution is -2.40. The fourth-order valence-corrected chi connectivity index (χ4v) is 7.75. The second-order valence-corrected chi connectivity index (χ2v) is 13.3. The van der Waals surface area contributed by atoms with Crippen molar-refractivity contribution in [2.75, 3.05) is 27.9 Å². The minimum Gasteiger partial charge on any atom is -0.497 e. The van der Waals surface area contributed by atoms with E-state index in [-0.39, 0.29) is 12.2 Å². The van der Waals surface area contributed by atoms with E-state index in [0.717, 1.165) is 22.8 Å². The van der Waals surface area contributed by atoms with E-state index in [9.17, 15) is 9.59 Å². The van der Waals surface area contributed by atoms with Crippen molar-refractivity contribution in [1.82, 2.24) is 4.57 Å². The fourth-order valence-electron chi connectivity index (χ4n) is 6.15. The van der Waals surface area contributed by atoms with Crippen LogP contribution in [0.3, 0.4) is 0 Å². The van der Waals surface area contributed by atoms with Gasteiger partial charge in [-0.05, 0) is 87.6 Å². The zero-order valence-corrected chi connectivity index (χ0v) is 30.9. The number of aromatic nitrogens is 1. The molecule has 0 N–H and O–H groups in total. The van der Waals surface area contributed by atoms with Crippen LogP contribution in [0, 0.1) is 0 Å². The van der Waals surface area contributed by atoms with Crippen molar-refractivity contribution >= 4 is 50.1 Å². The third-order valence-corrected chi connectivity index (χ3v) is 10.00. The minimum absolute atomic E-state index is 0.173. The van der Waals surface area contributed by atoms with E-state index in [0.29, 0.717) is 72.2 Å². The first kappa shape index (κ1) is 35.0. The van der Waals surface area contributed by atoms with Gasteiger partial charge < -0.3 is 23.7 Å². The van der Waals surface area contributed by atoms with Crippen LogP contribution in [0.1, 0.15) is 49.4 Å². The number of hydrogen-bond acceptors (Lipinski definition) is 9. The van der Waals surface area contributed by atoms with Gasteiger partial charge in [-0.3, -0.25) is 9.36 Å². The van der Waals surface area contributed by atoms with Gasteiger partial charge in [-0.25, -0.2) is 9.79 Å². The summed E-state index contributed by atoms with van der Waals surface area (Å²) in [6, 6.07) is 22.5. The van der Waals surface area contributed by atoms with Crippen LogP contribution in [-0.4, -0.2) is 38.5 Å². The van der Waals surface area contributed by atoms with Gasteiger partial charge in [0.2, 0.25) is 0 Å². The van der Waals surface area contributed by atoms with Gasteiger partial charge in [0.25, 0.3) is 5.56 Å². The van der Waals surface area contributed by atoms with Crippen LogP contribution in [0.4, 0.5) is 0 Å². The second-order valence-electron chi connectivity index (χ2n) is 11.5. The summed E-state index contributed by atoms with van der Waals surface area (Å²) in [6.45, 7) is 4.28. The Kier molecular flexibility index (Phi) is 10.7. The van der Waals surface area contributed by atoms with Gasteiger partial charge in [-0.2, -0.15) is 0 Å². The molecule has 0 aliphatic carbocycles. The van der Waals surface area contributed by atoms with Gasteiger partial charge in [0.1, 0.15) is 24.1 Å². The van der Waals surface area contributed by atoms with Gasteiger partial charge in [0, 0.05) is 5.56 Å². The molecule has 1 aliphatic heterocycles. The third kappa shape index (κ3) is 6.80. The molecule has 50 heavy (non-hydrogen) atoms. The van der Waals surface area contributed by atoms with Crippen molar-refractivity contribution in [3.05, 3.63) is 125 Å². The molecule has 6 rings (SSSR count). The smallest absolute Gasteiger partial charge is 0.338 e. The lowest BCUT2D eigenvalue weighted by molar-refractivity contribution is -0.139. The maximum Gasteiger partial charge on any atom is 0.338 e. The van der Waals surface area contributed by atoms with Crippen LogP contribution in [0.25, 0.3) is 16.8 Å². The number of allylic oxidation sites excluding steroid dienone is 1. The number of hydrogen-bond donors (Lipinski definition) is 0. The number of carbonyl (C=O) groups excluding carboxylic acids is 1. The number of carbonyl (C=O) groups is 1. The number of halogens is 1. The number of benzene rings is 4. The Morgan fingerprint density at radius 3 is 2.48 bits per heavy atom. The molecule has 0 fully saturated rings. The highest BCUT2D eigenvalue weighted by Crippen LogP contribution is 2.40. The predicted octanol–water partition coefficient (Wildman–Crippen LogP) is 7.10. The van der Waals surface area contributed by atoms with E-state index in [1.54, 1.807) is 57.1 Å². The SMILES string of the molecule is CCCC1=C(C(=O)OCC)[C@@H](c2cc(OC)ccc2OC)n2c(s/c(=C\c3cc(Br)c(OCc4cccc5ccccc45)c(OC)c3)c2=O)=N1. The number of esters is 1. The van der Waals surface area contributed by atoms with Crippen molar-refractivity contribution in [3.63, 3.8) is 0 Å². The van der Waals surface area contributed by atoms with Crippen molar-refractivity contribution < 1.29 is 28.5 Å². The molecule has 0 spiro atoms. The highest BCUT2D eigenvalue weighted by molar-refractivity contribution is 9.10. The zero-order chi connectivity index (χ0) is 35.4. The lowest BCUT2D eigenvalue weighted by Gasteiger charge is -2.27. The molecule has 11 heteroatoms. The third-order valence-electron chi connectivity index (χ3n) is 8.43. The van der Waals surface area contributed by atoms with E-state index in [1.807, 2.05) is 43.3 Å². The summed E-state index contributed by atoms with van der Waals surface area (Å²) in [4.78, 5) is 33.3. The Labute approximate surface area is 302 Å². The molecule has 0 amide bonds. The van der Waals surface area contributed by atoms with Gasteiger partial charge >= 0.3 is 5.97 Å². The molecule has 4 aromatic carbocycles. The average molecular weight is 758 g/mol. The molecule has 9 nitrogen and oxygen atoms in total. The van der Waals surface area contributed by atoms with Crippen LogP contribution in [0.15, 0.2) is 98.3 Å². The van der Waals surface area contributed by atoms with Gasteiger partial charge in [0.05, 0.1) is 48.2 Å². The van der Waals surface area contributed by atoms with E-state index >= 15 is 0 Å². The first-order valence-electron chi connectivity index (χ1n) is 16.2. The topological polar surface area (TPSA) is 97.6 Å². The normalized spacial score (nSPS) is 14.3. The summed E-state index contributed by atoms with van der Waals surface area (Å²) in [5.74, 6) is 1.58. The highest BCUT2D eigenvalue weighted by Gasteiger charge is 2.36. The lowest BCUT2D eigenvalue weighted by atomic mass is 9.93. The monoisotopic (exact) mass is 756 g/mol. The van der Waals surface area contributed by atoms with Crippen molar-refractivity contribution in [3.8, 4) is 23.0 Å². The molecule has 1 atom stereocenters. The van der Waals surface area contributed by atoms with Gasteiger partial charge in [0.15, 0.2) is 16.3 Å². The quantitative estimate of drug-likeness (QED) is 0.125. The first-order chi connectivity index (χ1) is 24.3. The Hall–Kier alpha value is -4.87. The van der Waals surface area contributed by atoms with E-state index < -0.39 is 12.0 Å². The molecule has 1 aromatic heterocycles. The van der Waals surface area contributed by atoms with Gasteiger partial charge in [-0.15, -0.1) is 0 Å². The minimum atomic E-state index is -0.856. The highest BCUT2D eigenvalue weighted by atomic mass is 79.9. The summed E-state index contributed by atoms with van der Waals surface area (Å²) < 4.78 is 31.5. The molecule has 0 saturated heterocycles. The summed E-state index contributed by atoms with van der Waals surface area (Å²) in [5, 5.41) is 2.26. The van der Waals surface area contributed by atoms with Crippen molar-refractivity contribution in [2.45, 2.75) is 39.3 Å². The zero-order valence-electron chi connectivity index (χ0n) is 28.4. The molecule has 0 unspecified atom stereocenters. The molecule has 5 aromatic rings. The number of thiazole rings is 1. The molecule has 1 aliphatic rings. The summed E-state index contributed by atoms with van der Waals surface area (Å²) in [5.41, 5.74) is 2.91. The van der Waals surface area contributed by atoms with Crippen molar-refractivity contribution in [1.29, 1.82) is 0 Å². The van der Waals surface area contributed by atoms with E-state index in [2.05, 4.69) is 34.1 Å². The van der Waals surface area contributed by atoms with Crippen molar-refractivity contribution in [2.24, 2.45) is 4.99 Å². The van der Waals surface area contributed by atoms with Crippen LogP contribution < -0.4 is 33.8 Å². The Balaban J connectivity index is 1.46. The molecular formula is C39H37BrN2O7S. The average Bonchev–Trinajstić information content (AvgIpc) is 3.43. The van der Waals surface area contributed by atoms with E-state index in [1.165, 1.54) is 11.3 Å². The predicted molar refractivity (Wildman–Crippen MR) is 198 cm³/mol. The maximum atomic E-state index is 14.4. The summed E-state index contributed by atoms with van der Waals surface area (Å²) in [6.07, 6.45) is 3.05. The molecule has 0 radical (unpaired) electrons. The Morgan fingerprint density at radius 1 is 0.960 bits per heavy atom. The largest absolute Gasteiger partial charge is 0.497 e. The fraction of sp³-hybridized carbons (Fsp3) is 0.256. The van der Waals surface area contributed by atoms with Gasteiger partial charge in [-0.1, -0.05) is 67.1 Å². The van der Waals surface area contributed by atoms with Crippen LogP contribution in [-0.2, 0) is 16.1 Å². The van der Waals surface area contributed by atoms with Crippen LogP contribution in [0.5, 0.6) is 23.0 Å².